The summed E-state index contributed by atoms with van der Waals surface area (Å²) in [5.74, 6) is 0.696. The summed E-state index contributed by atoms with van der Waals surface area (Å²) >= 11 is 0. The summed E-state index contributed by atoms with van der Waals surface area (Å²) in [5, 5.41) is 5.95. The minimum atomic E-state index is -0.330. The van der Waals surface area contributed by atoms with Crippen LogP contribution in [0.5, 0.6) is 0 Å². The van der Waals surface area contributed by atoms with E-state index >= 15 is 0 Å². The lowest BCUT2D eigenvalue weighted by Crippen LogP contribution is -3.13. The number of piperidine rings is 1. The Bertz CT molecular complexity index is 740. The molecular weight excluding hydrogens is 354 g/mol. The van der Waals surface area contributed by atoms with Crippen molar-refractivity contribution in [2.75, 3.05) is 19.6 Å². The molecule has 2 aromatic rings. The van der Waals surface area contributed by atoms with Crippen molar-refractivity contribution in [2.24, 2.45) is 0 Å². The smallest absolute Gasteiger partial charge is 0.222 e. The number of carbonyl (C=O) groups is 2. The summed E-state index contributed by atoms with van der Waals surface area (Å²) in [6.45, 7) is 4.20. The topological polar surface area (TPSA) is 75.8 Å². The Kier molecular flexibility index (Phi) is 7.25. The van der Waals surface area contributed by atoms with Crippen LogP contribution in [0.4, 0.5) is 0 Å². The van der Waals surface area contributed by atoms with Crippen LogP contribution < -0.4 is 15.5 Å². The van der Waals surface area contributed by atoms with Crippen LogP contribution in [0, 0.1) is 0 Å². The Balaban J connectivity index is 1.62. The van der Waals surface area contributed by atoms with Crippen LogP contribution in [0.15, 0.2) is 53.1 Å². The fraction of sp³-hybridized carbons (Fsp3) is 0.455. The van der Waals surface area contributed by atoms with Crippen LogP contribution in [0.1, 0.15) is 56.0 Å². The number of carbonyl (C=O) groups excluding carboxylic acids is 2. The molecule has 1 aromatic heterocycles. The molecule has 0 spiro atoms. The summed E-state index contributed by atoms with van der Waals surface area (Å²) in [7, 11) is 0. The third-order valence-corrected chi connectivity index (χ3v) is 5.35. The first-order valence-electron chi connectivity index (χ1n) is 10.1. The molecule has 1 aromatic carbocycles. The number of rotatable bonds is 8. The molecule has 1 aliphatic rings. The van der Waals surface area contributed by atoms with Gasteiger partial charge in [0.15, 0.2) is 11.8 Å². The second-order valence-corrected chi connectivity index (χ2v) is 7.46. The van der Waals surface area contributed by atoms with Crippen molar-refractivity contribution in [1.82, 2.24) is 10.6 Å². The molecule has 3 N–H and O–H groups in total. The molecule has 0 aliphatic carbocycles. The number of quaternary nitrogens is 1. The van der Waals surface area contributed by atoms with E-state index in [4.69, 9.17) is 4.42 Å². The standard InChI is InChI=1S/C22H29N3O3/c1-17(26)24-19(18-9-4-2-5-10-18)15-22(27)23-16-20(21-11-8-14-28-21)25-12-6-3-7-13-25/h2,4-5,8-11,14,19-20H,3,6-7,12-13,15-16H2,1H3,(H,23,27)(H,24,26)/p+1/t19-,20+/m0/s1. The summed E-state index contributed by atoms with van der Waals surface area (Å²) in [6, 6.07) is 13.3. The number of furan rings is 1. The molecule has 1 saturated heterocycles. The normalized spacial score (nSPS) is 16.9. The Morgan fingerprint density at radius 3 is 2.46 bits per heavy atom. The van der Waals surface area contributed by atoms with E-state index in [1.807, 2.05) is 42.5 Å². The van der Waals surface area contributed by atoms with Gasteiger partial charge in [-0.05, 0) is 37.0 Å². The van der Waals surface area contributed by atoms with E-state index in [0.717, 1.165) is 24.4 Å². The molecule has 28 heavy (non-hydrogen) atoms. The van der Waals surface area contributed by atoms with Crippen LogP contribution >= 0.6 is 0 Å². The summed E-state index contributed by atoms with van der Waals surface area (Å²) in [4.78, 5) is 25.7. The highest BCUT2D eigenvalue weighted by atomic mass is 16.3. The van der Waals surface area contributed by atoms with E-state index in [2.05, 4.69) is 10.6 Å². The maximum absolute atomic E-state index is 12.7. The molecule has 2 heterocycles. The highest BCUT2D eigenvalue weighted by Gasteiger charge is 2.29. The van der Waals surface area contributed by atoms with Crippen LogP contribution in [0.2, 0.25) is 0 Å². The number of benzene rings is 1. The predicted octanol–water partition coefficient (Wildman–Crippen LogP) is 1.77. The molecule has 1 fully saturated rings. The molecule has 0 unspecified atom stereocenters. The quantitative estimate of drug-likeness (QED) is 0.649. The van der Waals surface area contributed by atoms with Gasteiger partial charge in [-0.3, -0.25) is 9.59 Å². The third kappa shape index (κ3) is 5.70. The molecule has 2 amide bonds. The van der Waals surface area contributed by atoms with E-state index in [1.165, 1.54) is 31.1 Å². The highest BCUT2D eigenvalue weighted by Crippen LogP contribution is 2.17. The maximum Gasteiger partial charge on any atom is 0.222 e. The van der Waals surface area contributed by atoms with Crippen molar-refractivity contribution in [3.05, 3.63) is 60.1 Å². The second-order valence-electron chi connectivity index (χ2n) is 7.46. The molecule has 150 valence electrons. The highest BCUT2D eigenvalue weighted by molar-refractivity contribution is 5.79. The number of likely N-dealkylation sites (tertiary alicyclic amines) is 1. The zero-order chi connectivity index (χ0) is 19.8. The van der Waals surface area contributed by atoms with Crippen molar-refractivity contribution in [3.63, 3.8) is 0 Å². The van der Waals surface area contributed by atoms with Crippen molar-refractivity contribution in [2.45, 2.75) is 44.7 Å². The summed E-state index contributed by atoms with van der Waals surface area (Å²) < 4.78 is 5.66. The van der Waals surface area contributed by atoms with Crippen LogP contribution in [0.3, 0.4) is 0 Å². The first kappa shape index (κ1) is 20.1. The number of hydrogen-bond acceptors (Lipinski definition) is 3. The molecule has 0 saturated carbocycles. The van der Waals surface area contributed by atoms with Gasteiger partial charge in [-0.1, -0.05) is 30.3 Å². The van der Waals surface area contributed by atoms with Gasteiger partial charge in [-0.25, -0.2) is 0 Å². The predicted molar refractivity (Wildman–Crippen MR) is 107 cm³/mol. The number of nitrogens with one attached hydrogen (secondary N) is 3. The van der Waals surface area contributed by atoms with Gasteiger partial charge in [0.2, 0.25) is 11.8 Å². The lowest BCUT2D eigenvalue weighted by molar-refractivity contribution is -0.936. The van der Waals surface area contributed by atoms with E-state index in [0.29, 0.717) is 6.54 Å². The van der Waals surface area contributed by atoms with Crippen LogP contribution in [-0.2, 0) is 9.59 Å². The molecule has 0 radical (unpaired) electrons. The van der Waals surface area contributed by atoms with Crippen molar-refractivity contribution in [3.8, 4) is 0 Å². The number of amides is 2. The Morgan fingerprint density at radius 1 is 1.07 bits per heavy atom. The lowest BCUT2D eigenvalue weighted by atomic mass is 10.0. The van der Waals surface area contributed by atoms with Gasteiger partial charge in [0.05, 0.1) is 38.4 Å². The van der Waals surface area contributed by atoms with Crippen molar-refractivity contribution >= 4 is 11.8 Å². The zero-order valence-corrected chi connectivity index (χ0v) is 16.4. The van der Waals surface area contributed by atoms with E-state index in [1.54, 1.807) is 6.26 Å². The SMILES string of the molecule is CC(=O)N[C@@H](CC(=O)NC[C@H](c1ccco1)[NH+]1CCCCC1)c1ccccc1. The molecule has 3 rings (SSSR count). The van der Waals surface area contributed by atoms with Gasteiger partial charge in [-0.15, -0.1) is 0 Å². The molecule has 0 bridgehead atoms. The van der Waals surface area contributed by atoms with Crippen LogP contribution in [-0.4, -0.2) is 31.4 Å². The largest absolute Gasteiger partial charge is 0.463 e. The first-order chi connectivity index (χ1) is 13.6. The van der Waals surface area contributed by atoms with E-state index in [-0.39, 0.29) is 30.3 Å². The van der Waals surface area contributed by atoms with E-state index in [9.17, 15) is 9.59 Å². The fourth-order valence-corrected chi connectivity index (χ4v) is 3.95. The maximum atomic E-state index is 12.7. The Hall–Kier alpha value is -2.60. The Labute approximate surface area is 166 Å². The fourth-order valence-electron chi connectivity index (χ4n) is 3.95. The van der Waals surface area contributed by atoms with Crippen LogP contribution in [0.25, 0.3) is 0 Å². The molecule has 1 aliphatic heterocycles. The zero-order valence-electron chi connectivity index (χ0n) is 16.4. The van der Waals surface area contributed by atoms with Gasteiger partial charge in [-0.2, -0.15) is 0 Å². The second kappa shape index (κ2) is 10.1. The molecule has 6 nitrogen and oxygen atoms in total. The van der Waals surface area contributed by atoms with Gasteiger partial charge in [0, 0.05) is 6.92 Å². The minimum absolute atomic E-state index is 0.0735. The van der Waals surface area contributed by atoms with Gasteiger partial charge < -0.3 is 20.0 Å². The summed E-state index contributed by atoms with van der Waals surface area (Å²) in [6.07, 6.45) is 5.59. The van der Waals surface area contributed by atoms with Gasteiger partial charge in [0.25, 0.3) is 0 Å². The molecule has 6 heteroatoms. The average Bonchev–Trinajstić information content (AvgIpc) is 3.23. The Morgan fingerprint density at radius 2 is 1.82 bits per heavy atom. The van der Waals surface area contributed by atoms with E-state index < -0.39 is 0 Å². The monoisotopic (exact) mass is 384 g/mol. The lowest BCUT2D eigenvalue weighted by Gasteiger charge is -2.30. The number of hydrogen-bond donors (Lipinski definition) is 3. The van der Waals surface area contributed by atoms with Gasteiger partial charge >= 0.3 is 0 Å². The minimum Gasteiger partial charge on any atom is -0.463 e. The average molecular weight is 385 g/mol. The van der Waals surface area contributed by atoms with Crippen molar-refractivity contribution in [1.29, 1.82) is 0 Å². The molecular formula is C22H30N3O3+. The van der Waals surface area contributed by atoms with Crippen molar-refractivity contribution < 1.29 is 18.9 Å². The summed E-state index contributed by atoms with van der Waals surface area (Å²) in [5.41, 5.74) is 0.928. The molecule has 2 atom stereocenters. The first-order valence-corrected chi connectivity index (χ1v) is 10.1. The van der Waals surface area contributed by atoms with Gasteiger partial charge in [0.1, 0.15) is 0 Å². The third-order valence-electron chi connectivity index (χ3n) is 5.35.